The van der Waals surface area contributed by atoms with E-state index in [0.717, 1.165) is 17.8 Å². The highest BCUT2D eigenvalue weighted by atomic mass is 16.1. The molecular formula is C25H23NO. The van der Waals surface area contributed by atoms with Crippen LogP contribution in [0.15, 0.2) is 96.7 Å². The fourth-order valence-electron chi connectivity index (χ4n) is 3.85. The van der Waals surface area contributed by atoms with Crippen LogP contribution in [0.3, 0.4) is 0 Å². The molecule has 0 N–H and O–H groups in total. The van der Waals surface area contributed by atoms with Gasteiger partial charge in [0.15, 0.2) is 5.78 Å². The molecule has 0 spiro atoms. The Morgan fingerprint density at radius 3 is 2.15 bits per heavy atom. The predicted molar refractivity (Wildman–Crippen MR) is 111 cm³/mol. The quantitative estimate of drug-likeness (QED) is 0.439. The summed E-state index contributed by atoms with van der Waals surface area (Å²) < 4.78 is 0. The molecule has 1 heterocycles. The molecule has 4 rings (SSSR count). The number of nitrogens with zero attached hydrogens (tertiary/aromatic N) is 1. The van der Waals surface area contributed by atoms with Crippen LogP contribution in [0.5, 0.6) is 0 Å². The minimum atomic E-state index is -0.226. The molecule has 134 valence electrons. The number of fused-ring (bicyclic) bond motifs is 1. The highest BCUT2D eigenvalue weighted by Crippen LogP contribution is 2.48. The maximum absolute atomic E-state index is 12.9. The zero-order chi connectivity index (χ0) is 18.9. The lowest BCUT2D eigenvalue weighted by Crippen LogP contribution is -2.27. The molecule has 0 bridgehead atoms. The molecule has 0 aromatic heterocycles. The van der Waals surface area contributed by atoms with Crippen LogP contribution in [0, 0.1) is 0 Å². The minimum Gasteiger partial charge on any atom is -0.339 e. The van der Waals surface area contributed by atoms with Gasteiger partial charge in [-0.25, -0.2) is 0 Å². The van der Waals surface area contributed by atoms with E-state index in [1.807, 2.05) is 42.5 Å². The van der Waals surface area contributed by atoms with Crippen LogP contribution in [0.1, 0.15) is 35.3 Å². The van der Waals surface area contributed by atoms with E-state index in [9.17, 15) is 4.79 Å². The van der Waals surface area contributed by atoms with Crippen molar-refractivity contribution in [3.8, 4) is 0 Å². The molecule has 1 aliphatic heterocycles. The van der Waals surface area contributed by atoms with Crippen molar-refractivity contribution < 1.29 is 4.79 Å². The fourth-order valence-corrected chi connectivity index (χ4v) is 3.85. The van der Waals surface area contributed by atoms with Crippen molar-refractivity contribution in [3.63, 3.8) is 0 Å². The van der Waals surface area contributed by atoms with Gasteiger partial charge in [0.2, 0.25) is 0 Å². The first kappa shape index (κ1) is 17.3. The van der Waals surface area contributed by atoms with E-state index in [1.165, 1.54) is 16.8 Å². The number of benzene rings is 3. The first-order valence-electron chi connectivity index (χ1n) is 9.30. The molecule has 0 saturated carbocycles. The third kappa shape index (κ3) is 3.19. The van der Waals surface area contributed by atoms with Gasteiger partial charge in [-0.1, -0.05) is 92.7 Å². The Bertz CT molecular complexity index is 987. The molecule has 2 nitrogen and oxygen atoms in total. The van der Waals surface area contributed by atoms with Gasteiger partial charge in [0.05, 0.1) is 0 Å². The second-order valence-electron chi connectivity index (χ2n) is 7.47. The van der Waals surface area contributed by atoms with Gasteiger partial charge < -0.3 is 4.90 Å². The molecule has 0 radical (unpaired) electrons. The van der Waals surface area contributed by atoms with Gasteiger partial charge in [0.25, 0.3) is 0 Å². The van der Waals surface area contributed by atoms with Crippen molar-refractivity contribution in [1.82, 2.24) is 0 Å². The zero-order valence-corrected chi connectivity index (χ0v) is 15.7. The fraction of sp³-hybridized carbons (Fsp3) is 0.160. The number of rotatable bonds is 4. The average Bonchev–Trinajstić information content (AvgIpc) is 2.91. The van der Waals surface area contributed by atoms with Gasteiger partial charge >= 0.3 is 0 Å². The van der Waals surface area contributed by atoms with Crippen molar-refractivity contribution in [3.05, 3.63) is 113 Å². The molecule has 0 aliphatic carbocycles. The molecular weight excluding hydrogens is 330 g/mol. The highest BCUT2D eigenvalue weighted by Gasteiger charge is 2.40. The Labute approximate surface area is 160 Å². The van der Waals surface area contributed by atoms with Crippen LogP contribution in [0.4, 0.5) is 5.69 Å². The number of hydrogen-bond acceptors (Lipinski definition) is 2. The SMILES string of the molecule is CC1(C)/C(=C/C(=O)c2ccccc2)N(Cc2ccccc2)c2ccccc21. The van der Waals surface area contributed by atoms with Gasteiger partial charge in [-0.05, 0) is 17.2 Å². The molecule has 3 aromatic carbocycles. The van der Waals surface area contributed by atoms with Gasteiger partial charge in [0, 0.05) is 35.0 Å². The van der Waals surface area contributed by atoms with Crippen molar-refractivity contribution in [2.75, 3.05) is 4.90 Å². The molecule has 0 atom stereocenters. The Balaban J connectivity index is 1.80. The Morgan fingerprint density at radius 1 is 0.852 bits per heavy atom. The third-order valence-corrected chi connectivity index (χ3v) is 5.31. The second kappa shape index (κ2) is 6.88. The van der Waals surface area contributed by atoms with Gasteiger partial charge in [-0.15, -0.1) is 0 Å². The smallest absolute Gasteiger partial charge is 0.187 e. The van der Waals surface area contributed by atoms with Crippen molar-refractivity contribution in [2.24, 2.45) is 0 Å². The standard InChI is InChI=1S/C25H23NO/c1-25(2)21-15-9-10-16-22(21)26(18-19-11-5-3-6-12-19)24(25)17-23(27)20-13-7-4-8-14-20/h3-17H,18H2,1-2H3/b24-17-. The lowest BCUT2D eigenvalue weighted by Gasteiger charge is -2.27. The summed E-state index contributed by atoms with van der Waals surface area (Å²) >= 11 is 0. The topological polar surface area (TPSA) is 20.3 Å². The Hall–Kier alpha value is -3.13. The molecule has 0 unspecified atom stereocenters. The summed E-state index contributed by atoms with van der Waals surface area (Å²) in [6.45, 7) is 5.14. The molecule has 3 aromatic rings. The molecule has 27 heavy (non-hydrogen) atoms. The first-order chi connectivity index (χ1) is 13.1. The second-order valence-corrected chi connectivity index (χ2v) is 7.47. The van der Waals surface area contributed by atoms with E-state index in [4.69, 9.17) is 0 Å². The van der Waals surface area contributed by atoms with E-state index < -0.39 is 0 Å². The number of carbonyl (C=O) groups is 1. The summed E-state index contributed by atoms with van der Waals surface area (Å²) in [5.41, 5.74) is 5.20. The monoisotopic (exact) mass is 353 g/mol. The lowest BCUT2D eigenvalue weighted by atomic mass is 9.83. The maximum Gasteiger partial charge on any atom is 0.187 e. The van der Waals surface area contributed by atoms with E-state index in [0.29, 0.717) is 0 Å². The molecule has 0 amide bonds. The number of carbonyl (C=O) groups excluding carboxylic acids is 1. The first-order valence-corrected chi connectivity index (χ1v) is 9.30. The number of anilines is 1. The van der Waals surface area contributed by atoms with Crippen LogP contribution in [0.2, 0.25) is 0 Å². The van der Waals surface area contributed by atoms with E-state index in [2.05, 4.69) is 67.3 Å². The van der Waals surface area contributed by atoms with E-state index in [-0.39, 0.29) is 11.2 Å². The number of hydrogen-bond donors (Lipinski definition) is 0. The lowest BCUT2D eigenvalue weighted by molar-refractivity contribution is 0.104. The zero-order valence-electron chi connectivity index (χ0n) is 15.7. The van der Waals surface area contributed by atoms with Gasteiger partial charge in [0.1, 0.15) is 0 Å². The third-order valence-electron chi connectivity index (χ3n) is 5.31. The van der Waals surface area contributed by atoms with Gasteiger partial charge in [-0.2, -0.15) is 0 Å². The Kier molecular flexibility index (Phi) is 4.41. The summed E-state index contributed by atoms with van der Waals surface area (Å²) in [6, 6.07) is 28.3. The van der Waals surface area contributed by atoms with Crippen molar-refractivity contribution in [2.45, 2.75) is 25.8 Å². The Morgan fingerprint density at radius 2 is 1.44 bits per heavy atom. The predicted octanol–water partition coefficient (Wildman–Crippen LogP) is 5.75. The van der Waals surface area contributed by atoms with E-state index in [1.54, 1.807) is 0 Å². The maximum atomic E-state index is 12.9. The number of para-hydroxylation sites is 1. The highest BCUT2D eigenvalue weighted by molar-refractivity contribution is 6.05. The summed E-state index contributed by atoms with van der Waals surface area (Å²) in [4.78, 5) is 15.2. The summed E-state index contributed by atoms with van der Waals surface area (Å²) in [5, 5.41) is 0. The molecule has 0 fully saturated rings. The van der Waals surface area contributed by atoms with Crippen LogP contribution in [0.25, 0.3) is 0 Å². The summed E-state index contributed by atoms with van der Waals surface area (Å²) in [6.07, 6.45) is 1.82. The van der Waals surface area contributed by atoms with Crippen LogP contribution < -0.4 is 4.90 Å². The minimum absolute atomic E-state index is 0.0459. The van der Waals surface area contributed by atoms with Crippen molar-refractivity contribution in [1.29, 1.82) is 0 Å². The molecule has 0 saturated heterocycles. The van der Waals surface area contributed by atoms with Crippen molar-refractivity contribution >= 4 is 11.5 Å². The summed E-state index contributed by atoms with van der Waals surface area (Å²) in [5.74, 6) is 0.0459. The largest absolute Gasteiger partial charge is 0.339 e. The summed E-state index contributed by atoms with van der Waals surface area (Å²) in [7, 11) is 0. The molecule has 1 aliphatic rings. The molecule has 2 heteroatoms. The number of ketones is 1. The van der Waals surface area contributed by atoms with E-state index >= 15 is 0 Å². The number of allylic oxidation sites excluding steroid dienone is 2. The normalized spacial score (nSPS) is 16.4. The van der Waals surface area contributed by atoms with Gasteiger partial charge in [-0.3, -0.25) is 4.79 Å². The van der Waals surface area contributed by atoms with Crippen LogP contribution in [-0.4, -0.2) is 5.78 Å². The van der Waals surface area contributed by atoms with Crippen LogP contribution >= 0.6 is 0 Å². The average molecular weight is 353 g/mol. The van der Waals surface area contributed by atoms with Crippen LogP contribution in [-0.2, 0) is 12.0 Å².